The lowest BCUT2D eigenvalue weighted by Gasteiger charge is -2.09. The predicted octanol–water partition coefficient (Wildman–Crippen LogP) is 2.77. The standard InChI is InChI=1S/C10H12F2O2/c1-3-4-14-10-7(11)5-8(13)6(2)9(10)12/h5,13H,3-4H2,1-2H3. The molecule has 0 atom stereocenters. The Morgan fingerprint density at radius 1 is 1.43 bits per heavy atom. The summed E-state index contributed by atoms with van der Waals surface area (Å²) in [5.41, 5.74) is -0.00231. The van der Waals surface area contributed by atoms with Gasteiger partial charge in [0.15, 0.2) is 17.4 Å². The highest BCUT2D eigenvalue weighted by Crippen LogP contribution is 2.30. The fraction of sp³-hybridized carbons (Fsp3) is 0.400. The molecule has 0 fully saturated rings. The average Bonchev–Trinajstić information content (AvgIpc) is 2.14. The van der Waals surface area contributed by atoms with E-state index >= 15 is 0 Å². The Bertz CT molecular complexity index is 337. The van der Waals surface area contributed by atoms with Gasteiger partial charge in [-0.05, 0) is 13.3 Å². The van der Waals surface area contributed by atoms with Crippen LogP contribution in [0.2, 0.25) is 0 Å². The van der Waals surface area contributed by atoms with Crippen molar-refractivity contribution in [3.8, 4) is 11.5 Å². The van der Waals surface area contributed by atoms with E-state index in [-0.39, 0.29) is 12.2 Å². The summed E-state index contributed by atoms with van der Waals surface area (Å²) in [5.74, 6) is -2.53. The van der Waals surface area contributed by atoms with Crippen molar-refractivity contribution in [2.45, 2.75) is 20.3 Å². The number of aromatic hydroxyl groups is 1. The maximum Gasteiger partial charge on any atom is 0.191 e. The second kappa shape index (κ2) is 4.26. The molecule has 1 aromatic carbocycles. The topological polar surface area (TPSA) is 29.5 Å². The molecule has 78 valence electrons. The molecule has 0 aliphatic heterocycles. The predicted molar refractivity (Wildman–Crippen MR) is 48.5 cm³/mol. The van der Waals surface area contributed by atoms with Crippen LogP contribution in [0, 0.1) is 18.6 Å². The second-order valence-electron chi connectivity index (χ2n) is 2.99. The van der Waals surface area contributed by atoms with E-state index in [1.54, 1.807) is 0 Å². The highest BCUT2D eigenvalue weighted by Gasteiger charge is 2.16. The van der Waals surface area contributed by atoms with E-state index in [0.29, 0.717) is 6.42 Å². The molecule has 14 heavy (non-hydrogen) atoms. The van der Waals surface area contributed by atoms with Crippen molar-refractivity contribution >= 4 is 0 Å². The van der Waals surface area contributed by atoms with Crippen molar-refractivity contribution < 1.29 is 18.6 Å². The van der Waals surface area contributed by atoms with E-state index < -0.39 is 23.1 Å². The number of rotatable bonds is 3. The number of halogens is 2. The summed E-state index contributed by atoms with van der Waals surface area (Å²) < 4.78 is 31.3. The molecule has 0 radical (unpaired) electrons. The minimum absolute atomic E-state index is 0.00231. The number of phenols is 1. The highest BCUT2D eigenvalue weighted by atomic mass is 19.1. The lowest BCUT2D eigenvalue weighted by Crippen LogP contribution is -2.01. The van der Waals surface area contributed by atoms with Crippen LogP contribution in [0.1, 0.15) is 18.9 Å². The van der Waals surface area contributed by atoms with E-state index in [9.17, 15) is 8.78 Å². The number of ether oxygens (including phenoxy) is 1. The van der Waals surface area contributed by atoms with Gasteiger partial charge in [-0.3, -0.25) is 0 Å². The Hall–Kier alpha value is -1.32. The normalized spacial score (nSPS) is 10.3. The first kappa shape index (κ1) is 10.8. The Morgan fingerprint density at radius 3 is 2.64 bits per heavy atom. The molecule has 1 N–H and O–H groups in total. The minimum atomic E-state index is -0.876. The van der Waals surface area contributed by atoms with Gasteiger partial charge in [-0.25, -0.2) is 8.78 Å². The van der Waals surface area contributed by atoms with Crippen LogP contribution in [-0.4, -0.2) is 11.7 Å². The molecule has 0 saturated carbocycles. The Morgan fingerprint density at radius 2 is 2.07 bits per heavy atom. The molecule has 0 heterocycles. The zero-order valence-corrected chi connectivity index (χ0v) is 8.10. The van der Waals surface area contributed by atoms with Gasteiger partial charge in [-0.15, -0.1) is 0 Å². The van der Waals surface area contributed by atoms with Gasteiger partial charge >= 0.3 is 0 Å². The Kier molecular flexibility index (Phi) is 3.28. The summed E-state index contributed by atoms with van der Waals surface area (Å²) in [6, 6.07) is 0.851. The monoisotopic (exact) mass is 202 g/mol. The fourth-order valence-electron chi connectivity index (χ4n) is 1.02. The first-order chi connectivity index (χ1) is 6.57. The summed E-state index contributed by atoms with van der Waals surface area (Å²) in [6.07, 6.45) is 0.665. The van der Waals surface area contributed by atoms with Crippen molar-refractivity contribution in [3.05, 3.63) is 23.3 Å². The third-order valence-corrected chi connectivity index (χ3v) is 1.84. The minimum Gasteiger partial charge on any atom is -0.507 e. The quantitative estimate of drug-likeness (QED) is 0.816. The van der Waals surface area contributed by atoms with Gasteiger partial charge in [0.2, 0.25) is 0 Å². The van der Waals surface area contributed by atoms with E-state index in [1.807, 2.05) is 6.92 Å². The van der Waals surface area contributed by atoms with E-state index in [2.05, 4.69) is 0 Å². The third kappa shape index (κ3) is 1.95. The van der Waals surface area contributed by atoms with Crippen LogP contribution in [0.25, 0.3) is 0 Å². The molecule has 0 unspecified atom stereocenters. The van der Waals surface area contributed by atoms with Gasteiger partial charge in [0.1, 0.15) is 5.75 Å². The van der Waals surface area contributed by atoms with Gasteiger partial charge in [0, 0.05) is 11.6 Å². The van der Waals surface area contributed by atoms with Crippen molar-refractivity contribution in [1.29, 1.82) is 0 Å². The average molecular weight is 202 g/mol. The smallest absolute Gasteiger partial charge is 0.191 e. The molecule has 0 spiro atoms. The second-order valence-corrected chi connectivity index (χ2v) is 2.99. The molecule has 4 heteroatoms. The molecule has 2 nitrogen and oxygen atoms in total. The van der Waals surface area contributed by atoms with Gasteiger partial charge in [0.05, 0.1) is 6.61 Å². The molecule has 1 aromatic rings. The fourth-order valence-corrected chi connectivity index (χ4v) is 1.02. The highest BCUT2D eigenvalue weighted by molar-refractivity contribution is 5.41. The molecule has 0 amide bonds. The third-order valence-electron chi connectivity index (χ3n) is 1.84. The van der Waals surface area contributed by atoms with Crippen LogP contribution in [0.15, 0.2) is 6.07 Å². The van der Waals surface area contributed by atoms with Crippen LogP contribution < -0.4 is 4.74 Å². The van der Waals surface area contributed by atoms with Gasteiger partial charge in [-0.1, -0.05) is 6.92 Å². The first-order valence-electron chi connectivity index (χ1n) is 4.38. The molecule has 1 rings (SSSR count). The van der Waals surface area contributed by atoms with Crippen molar-refractivity contribution in [1.82, 2.24) is 0 Å². The summed E-state index contributed by atoms with van der Waals surface area (Å²) in [6.45, 7) is 3.45. The van der Waals surface area contributed by atoms with E-state index in [1.165, 1.54) is 6.92 Å². The lowest BCUT2D eigenvalue weighted by atomic mass is 10.2. The SMILES string of the molecule is CCCOc1c(F)cc(O)c(C)c1F. The zero-order chi connectivity index (χ0) is 10.7. The van der Waals surface area contributed by atoms with E-state index in [4.69, 9.17) is 9.84 Å². The summed E-state index contributed by atoms with van der Waals surface area (Å²) >= 11 is 0. The number of hydrogen-bond donors (Lipinski definition) is 1. The molecule has 0 saturated heterocycles. The summed E-state index contributed by atoms with van der Waals surface area (Å²) in [5, 5.41) is 9.10. The lowest BCUT2D eigenvalue weighted by molar-refractivity contribution is 0.282. The van der Waals surface area contributed by atoms with Crippen LogP contribution in [0.4, 0.5) is 8.78 Å². The molecule has 0 aliphatic rings. The maximum atomic E-state index is 13.3. The summed E-state index contributed by atoms with van der Waals surface area (Å²) in [7, 11) is 0. The van der Waals surface area contributed by atoms with Crippen molar-refractivity contribution in [2.75, 3.05) is 6.61 Å². The van der Waals surface area contributed by atoms with Gasteiger partial charge < -0.3 is 9.84 Å². The maximum absolute atomic E-state index is 13.3. The van der Waals surface area contributed by atoms with Gasteiger partial charge in [-0.2, -0.15) is 0 Å². The number of benzene rings is 1. The molecule has 0 bridgehead atoms. The number of phenolic OH excluding ortho intramolecular Hbond substituents is 1. The largest absolute Gasteiger partial charge is 0.507 e. The van der Waals surface area contributed by atoms with Crippen molar-refractivity contribution in [3.63, 3.8) is 0 Å². The van der Waals surface area contributed by atoms with Crippen LogP contribution in [-0.2, 0) is 0 Å². The van der Waals surface area contributed by atoms with Crippen LogP contribution in [0.3, 0.4) is 0 Å². The zero-order valence-electron chi connectivity index (χ0n) is 8.10. The molecule has 0 aromatic heterocycles. The van der Waals surface area contributed by atoms with Crippen molar-refractivity contribution in [2.24, 2.45) is 0 Å². The van der Waals surface area contributed by atoms with Gasteiger partial charge in [0.25, 0.3) is 0 Å². The van der Waals surface area contributed by atoms with E-state index in [0.717, 1.165) is 6.07 Å². The Balaban J connectivity index is 3.09. The summed E-state index contributed by atoms with van der Waals surface area (Å²) in [4.78, 5) is 0. The molecular weight excluding hydrogens is 190 g/mol. The van der Waals surface area contributed by atoms with Crippen LogP contribution in [0.5, 0.6) is 11.5 Å². The van der Waals surface area contributed by atoms with Crippen LogP contribution >= 0.6 is 0 Å². The molecule has 0 aliphatic carbocycles. The molecular formula is C10H12F2O2. The first-order valence-corrected chi connectivity index (χ1v) is 4.38. The number of hydrogen-bond acceptors (Lipinski definition) is 2. The Labute approximate surface area is 81.1 Å².